The molecule has 3 aromatic carbocycles. The van der Waals surface area contributed by atoms with E-state index in [0.717, 1.165) is 11.3 Å². The van der Waals surface area contributed by atoms with Crippen LogP contribution < -0.4 is 20.2 Å². The van der Waals surface area contributed by atoms with Crippen LogP contribution in [-0.4, -0.2) is 30.2 Å². The Morgan fingerprint density at radius 1 is 0.927 bits per heavy atom. The first-order valence-electron chi connectivity index (χ1n) is 13.5. The molecule has 0 bridgehead atoms. The molecular weight excluding hydrogens is 561 g/mol. The van der Waals surface area contributed by atoms with Gasteiger partial charge >= 0.3 is 0 Å². The van der Waals surface area contributed by atoms with Gasteiger partial charge in [-0.05, 0) is 105 Å². The molecule has 0 saturated heterocycles. The van der Waals surface area contributed by atoms with Crippen LogP contribution in [0, 0.1) is 26.7 Å². The van der Waals surface area contributed by atoms with Crippen molar-refractivity contribution in [3.63, 3.8) is 0 Å². The number of carbonyl (C=O) groups excluding carboxylic acids is 2. The SMILES string of the molecule is Cc1cc(C)c(COc2ccc(/C=N\NC(=O)[C@@H](CC(C)C)NC(=O)[C@@H](C)Oc3ccc(Cl)cc3Cl)cc2)c(C)c1. The maximum absolute atomic E-state index is 12.9. The first-order valence-corrected chi connectivity index (χ1v) is 14.2. The van der Waals surface area contributed by atoms with Gasteiger partial charge < -0.3 is 14.8 Å². The summed E-state index contributed by atoms with van der Waals surface area (Å²) >= 11 is 12.1. The Labute approximate surface area is 252 Å². The highest BCUT2D eigenvalue weighted by molar-refractivity contribution is 6.35. The molecule has 0 fully saturated rings. The number of amides is 2. The van der Waals surface area contributed by atoms with Crippen molar-refractivity contribution in [2.45, 2.75) is 66.7 Å². The molecule has 9 heteroatoms. The molecule has 0 radical (unpaired) electrons. The highest BCUT2D eigenvalue weighted by atomic mass is 35.5. The van der Waals surface area contributed by atoms with Crippen molar-refractivity contribution in [1.29, 1.82) is 0 Å². The lowest BCUT2D eigenvalue weighted by molar-refractivity contribution is -0.132. The van der Waals surface area contributed by atoms with E-state index >= 15 is 0 Å². The van der Waals surface area contributed by atoms with Gasteiger partial charge in [0.15, 0.2) is 6.10 Å². The zero-order valence-electron chi connectivity index (χ0n) is 24.3. The smallest absolute Gasteiger partial charge is 0.262 e. The Morgan fingerprint density at radius 3 is 2.20 bits per heavy atom. The van der Waals surface area contributed by atoms with Crippen LogP contribution in [0.2, 0.25) is 10.0 Å². The quantitative estimate of drug-likeness (QED) is 0.175. The number of halogens is 2. The summed E-state index contributed by atoms with van der Waals surface area (Å²) in [5.41, 5.74) is 8.15. The van der Waals surface area contributed by atoms with E-state index in [-0.39, 0.29) is 5.92 Å². The van der Waals surface area contributed by atoms with Gasteiger partial charge in [0.25, 0.3) is 11.8 Å². The number of carbonyl (C=O) groups is 2. The van der Waals surface area contributed by atoms with Gasteiger partial charge in [-0.2, -0.15) is 5.10 Å². The molecule has 0 spiro atoms. The number of aryl methyl sites for hydroxylation is 3. The third-order valence-electron chi connectivity index (χ3n) is 6.40. The lowest BCUT2D eigenvalue weighted by Gasteiger charge is -2.22. The standard InChI is InChI=1S/C32H37Cl2N3O4/c1-19(2)13-29(36-31(38)23(6)41-30-12-9-25(33)16-28(30)34)32(39)37-35-17-24-7-10-26(11-8-24)40-18-27-21(4)14-20(3)15-22(27)5/h7-12,14-17,19,23,29H,13,18H2,1-6H3,(H,36,38)(H,37,39)/b35-17-/t23-,29-/m1/s1. The van der Waals surface area contributed by atoms with Crippen LogP contribution in [0.4, 0.5) is 0 Å². The Hall–Kier alpha value is -3.55. The molecule has 0 aliphatic heterocycles. The summed E-state index contributed by atoms with van der Waals surface area (Å²) in [7, 11) is 0. The van der Waals surface area contributed by atoms with Crippen LogP contribution in [0.25, 0.3) is 0 Å². The zero-order valence-corrected chi connectivity index (χ0v) is 25.8. The minimum atomic E-state index is -0.890. The van der Waals surface area contributed by atoms with E-state index in [9.17, 15) is 9.59 Å². The van der Waals surface area contributed by atoms with Crippen LogP contribution in [0.15, 0.2) is 59.7 Å². The maximum Gasteiger partial charge on any atom is 0.262 e. The summed E-state index contributed by atoms with van der Waals surface area (Å²) in [5.74, 6) is 0.333. The van der Waals surface area contributed by atoms with E-state index in [2.05, 4.69) is 48.7 Å². The van der Waals surface area contributed by atoms with Gasteiger partial charge in [0.2, 0.25) is 0 Å². The van der Waals surface area contributed by atoms with Crippen molar-refractivity contribution < 1.29 is 19.1 Å². The first kappa shape index (κ1) is 32.0. The number of hydrazone groups is 1. The monoisotopic (exact) mass is 597 g/mol. The summed E-state index contributed by atoms with van der Waals surface area (Å²) < 4.78 is 11.7. The van der Waals surface area contributed by atoms with E-state index in [1.807, 2.05) is 38.1 Å². The molecule has 0 aromatic heterocycles. The van der Waals surface area contributed by atoms with Gasteiger partial charge in [0.1, 0.15) is 24.1 Å². The summed E-state index contributed by atoms with van der Waals surface area (Å²) in [6.45, 7) is 12.3. The summed E-state index contributed by atoms with van der Waals surface area (Å²) in [6, 6.07) is 15.7. The fourth-order valence-electron chi connectivity index (χ4n) is 4.30. The Morgan fingerprint density at radius 2 is 1.59 bits per heavy atom. The van der Waals surface area contributed by atoms with Gasteiger partial charge in [0, 0.05) is 5.02 Å². The number of nitrogens with zero attached hydrogens (tertiary/aromatic N) is 1. The molecule has 2 atom stereocenters. The molecule has 0 heterocycles. The van der Waals surface area contributed by atoms with Crippen LogP contribution in [-0.2, 0) is 16.2 Å². The molecule has 41 heavy (non-hydrogen) atoms. The van der Waals surface area contributed by atoms with Crippen LogP contribution >= 0.6 is 23.2 Å². The van der Waals surface area contributed by atoms with Gasteiger partial charge in [-0.25, -0.2) is 5.43 Å². The number of hydrogen-bond donors (Lipinski definition) is 2. The topological polar surface area (TPSA) is 89.0 Å². The summed E-state index contributed by atoms with van der Waals surface area (Å²) in [4.78, 5) is 25.7. The normalized spacial score (nSPS) is 12.7. The largest absolute Gasteiger partial charge is 0.489 e. The number of hydrogen-bond acceptors (Lipinski definition) is 5. The van der Waals surface area contributed by atoms with Crippen molar-refractivity contribution in [2.24, 2.45) is 11.0 Å². The van der Waals surface area contributed by atoms with Gasteiger partial charge in [-0.15, -0.1) is 0 Å². The molecule has 0 saturated carbocycles. The van der Waals surface area contributed by atoms with Crippen LogP contribution in [0.3, 0.4) is 0 Å². The number of benzene rings is 3. The average Bonchev–Trinajstić information content (AvgIpc) is 2.89. The third kappa shape index (κ3) is 9.80. The van der Waals surface area contributed by atoms with Crippen molar-refractivity contribution in [3.8, 4) is 11.5 Å². The van der Waals surface area contributed by atoms with Crippen LogP contribution in [0.5, 0.6) is 11.5 Å². The second-order valence-corrected chi connectivity index (χ2v) is 11.3. The predicted molar refractivity (Wildman–Crippen MR) is 165 cm³/mol. The molecular formula is C32H37Cl2N3O4. The molecule has 7 nitrogen and oxygen atoms in total. The fourth-order valence-corrected chi connectivity index (χ4v) is 4.75. The molecule has 2 amide bonds. The lowest BCUT2D eigenvalue weighted by Crippen LogP contribution is -2.49. The Kier molecular flexibility index (Phi) is 11.6. The second kappa shape index (κ2) is 14.9. The van der Waals surface area contributed by atoms with Crippen molar-refractivity contribution in [2.75, 3.05) is 0 Å². The fraction of sp³-hybridized carbons (Fsp3) is 0.344. The summed E-state index contributed by atoms with van der Waals surface area (Å²) in [6.07, 6.45) is 1.07. The number of nitrogens with one attached hydrogen (secondary N) is 2. The Bertz CT molecular complexity index is 1370. The highest BCUT2D eigenvalue weighted by Crippen LogP contribution is 2.28. The average molecular weight is 599 g/mol. The molecule has 0 aliphatic rings. The lowest BCUT2D eigenvalue weighted by atomic mass is 10.0. The maximum atomic E-state index is 12.9. The van der Waals surface area contributed by atoms with E-state index in [4.69, 9.17) is 32.7 Å². The van der Waals surface area contributed by atoms with Gasteiger partial charge in [0.05, 0.1) is 11.2 Å². The predicted octanol–water partition coefficient (Wildman–Crippen LogP) is 6.95. The Balaban J connectivity index is 1.55. The van der Waals surface area contributed by atoms with Gasteiger partial charge in [-0.3, -0.25) is 9.59 Å². The van der Waals surface area contributed by atoms with Crippen molar-refractivity contribution in [3.05, 3.63) is 92.5 Å². The highest BCUT2D eigenvalue weighted by Gasteiger charge is 2.25. The molecule has 218 valence electrons. The van der Waals surface area contributed by atoms with E-state index in [1.54, 1.807) is 25.3 Å². The van der Waals surface area contributed by atoms with E-state index in [0.29, 0.717) is 28.8 Å². The molecule has 2 N–H and O–H groups in total. The third-order valence-corrected chi connectivity index (χ3v) is 6.93. The minimum Gasteiger partial charge on any atom is -0.489 e. The first-order chi connectivity index (χ1) is 19.4. The zero-order chi connectivity index (χ0) is 30.1. The molecule has 0 aliphatic carbocycles. The molecule has 3 aromatic rings. The van der Waals surface area contributed by atoms with Crippen LogP contribution in [0.1, 0.15) is 55.0 Å². The van der Waals surface area contributed by atoms with E-state index in [1.165, 1.54) is 28.3 Å². The minimum absolute atomic E-state index is 0.150. The molecule has 3 rings (SSSR count). The van der Waals surface area contributed by atoms with Crippen molar-refractivity contribution >= 4 is 41.2 Å². The number of rotatable bonds is 12. The number of ether oxygens (including phenoxy) is 2. The second-order valence-electron chi connectivity index (χ2n) is 10.5. The molecule has 0 unspecified atom stereocenters. The van der Waals surface area contributed by atoms with E-state index < -0.39 is 24.0 Å². The van der Waals surface area contributed by atoms with Gasteiger partial charge in [-0.1, -0.05) is 54.7 Å². The summed E-state index contributed by atoms with van der Waals surface area (Å²) in [5, 5.41) is 7.59. The van der Waals surface area contributed by atoms with Crippen molar-refractivity contribution in [1.82, 2.24) is 10.7 Å².